The largest absolute Gasteiger partial charge is 0.416 e. The summed E-state index contributed by atoms with van der Waals surface area (Å²) in [5, 5.41) is 0. The van der Waals surface area contributed by atoms with Gasteiger partial charge in [-0.1, -0.05) is 86.6 Å². The van der Waals surface area contributed by atoms with E-state index >= 15 is 0 Å². The van der Waals surface area contributed by atoms with Crippen LogP contribution in [0.25, 0.3) is 0 Å². The second-order valence-electron chi connectivity index (χ2n) is 16.2. The third kappa shape index (κ3) is 13.6. The van der Waals surface area contributed by atoms with Gasteiger partial charge in [0.1, 0.15) is 11.9 Å². The van der Waals surface area contributed by atoms with Gasteiger partial charge < -0.3 is 0 Å². The van der Waals surface area contributed by atoms with Crippen molar-refractivity contribution >= 4 is 38.9 Å². The van der Waals surface area contributed by atoms with Crippen LogP contribution in [0.4, 0.5) is 105 Å². The molecule has 70 heavy (non-hydrogen) atoms. The van der Waals surface area contributed by atoms with Gasteiger partial charge in [-0.2, -0.15) is 127 Å². The van der Waals surface area contributed by atoms with Crippen molar-refractivity contribution in [3.8, 4) is 0 Å². The maximum absolute atomic E-state index is 14.2. The molecule has 0 unspecified atom stereocenters. The van der Waals surface area contributed by atoms with Crippen LogP contribution in [0.3, 0.4) is 0 Å². The summed E-state index contributed by atoms with van der Waals surface area (Å²) >= 11 is 0. The lowest BCUT2D eigenvalue weighted by molar-refractivity contribution is -0.144. The first-order chi connectivity index (χ1) is 31.4. The fourth-order valence-corrected chi connectivity index (χ4v) is 8.26. The monoisotopic (exact) mass is 1060 g/mol. The third-order valence-electron chi connectivity index (χ3n) is 10.5. The lowest BCUT2D eigenvalue weighted by Crippen LogP contribution is -2.75. The average Bonchev–Trinajstić information content (AvgIpc) is 3.18. The van der Waals surface area contributed by atoms with Crippen molar-refractivity contribution in [1.82, 2.24) is 0 Å². The van der Waals surface area contributed by atoms with Gasteiger partial charge in [0, 0.05) is 5.56 Å². The van der Waals surface area contributed by atoms with E-state index in [-0.39, 0.29) is 0 Å². The summed E-state index contributed by atoms with van der Waals surface area (Å²) in [6.45, 7) is 4.47. The molecule has 5 rings (SSSR count). The SMILES string of the molecule is CC(C)c1ccc(C[S+](C)C)cc1.FC(F)(F)c1cc([B-](c2cc(C(F)(F)F)cc(C(F)(F)F)c2)(c2cc(C(F)(F)F)cc(C(F)(F)F)c2)c2cc(C(F)(F)F)cc(C(F)(F)F)c2)cc(C(F)(F)F)c1. The quantitative estimate of drug-likeness (QED) is 0.0866. The van der Waals surface area contributed by atoms with Gasteiger partial charge in [0.25, 0.3) is 0 Å². The molecule has 0 spiro atoms. The standard InChI is InChI=1S/C32H12BF24.C12H19S/c34-25(35,36)13-1-14(26(37,38)39)6-21(5-13)33(22-7-15(27(40,41)42)2-16(8-22)28(43,44)45,23-9-17(29(46,47)48)3-18(10-23)30(49,50)51)24-11-19(31(52,53)54)4-20(12-24)32(55,56)57;1-10(2)12-7-5-11(6-8-12)9-13(3)4/h1-12H;5-8,10H,9H2,1-4H3/q-1;+1. The second kappa shape index (κ2) is 19.4. The Morgan fingerprint density at radius 2 is 0.514 bits per heavy atom. The molecule has 0 aliphatic heterocycles. The second-order valence-corrected chi connectivity index (χ2v) is 18.5. The van der Waals surface area contributed by atoms with Crippen molar-refractivity contribution in [2.24, 2.45) is 0 Å². The van der Waals surface area contributed by atoms with Crippen LogP contribution in [0.2, 0.25) is 0 Å². The van der Waals surface area contributed by atoms with Crippen LogP contribution in [0, 0.1) is 0 Å². The maximum atomic E-state index is 14.2. The van der Waals surface area contributed by atoms with Crippen molar-refractivity contribution in [2.75, 3.05) is 12.5 Å². The van der Waals surface area contributed by atoms with E-state index in [4.69, 9.17) is 0 Å². The molecule has 0 atom stereocenters. The number of hydrogen-bond acceptors (Lipinski definition) is 0. The molecule has 0 nitrogen and oxygen atoms in total. The summed E-state index contributed by atoms with van der Waals surface area (Å²) in [6.07, 6.45) is -50.2. The molecule has 0 aliphatic rings. The van der Waals surface area contributed by atoms with Gasteiger partial charge in [-0.15, -0.1) is 0 Å². The molecule has 5 aromatic carbocycles. The highest BCUT2D eigenvalue weighted by Gasteiger charge is 2.47. The van der Waals surface area contributed by atoms with E-state index in [0.717, 1.165) is 0 Å². The first kappa shape index (κ1) is 57.4. The van der Waals surface area contributed by atoms with Gasteiger partial charge >= 0.3 is 49.4 Å². The van der Waals surface area contributed by atoms with E-state index in [1.807, 2.05) is 0 Å². The van der Waals surface area contributed by atoms with Crippen LogP contribution in [-0.4, -0.2) is 18.7 Å². The number of benzene rings is 5. The summed E-state index contributed by atoms with van der Waals surface area (Å²) in [4.78, 5) is 0. The van der Waals surface area contributed by atoms with Crippen molar-refractivity contribution in [3.63, 3.8) is 0 Å². The molecular weight excluding hydrogens is 1030 g/mol. The minimum Gasteiger partial charge on any atom is -0.194 e. The number of rotatable bonds is 7. The zero-order chi connectivity index (χ0) is 53.8. The summed E-state index contributed by atoms with van der Waals surface area (Å²) < 4.78 is 341. The van der Waals surface area contributed by atoms with E-state index in [2.05, 4.69) is 50.6 Å². The van der Waals surface area contributed by atoms with E-state index in [0.29, 0.717) is 16.8 Å². The van der Waals surface area contributed by atoms with Gasteiger partial charge in [0.05, 0.1) is 57.0 Å². The van der Waals surface area contributed by atoms with Crippen LogP contribution in [0.1, 0.15) is 75.4 Å². The predicted molar refractivity (Wildman–Crippen MR) is 214 cm³/mol. The summed E-state index contributed by atoms with van der Waals surface area (Å²) in [5.41, 5.74) is -27.3. The molecule has 26 heteroatoms. The first-order valence-electron chi connectivity index (χ1n) is 19.3. The highest BCUT2D eigenvalue weighted by molar-refractivity contribution is 7.94. The first-order valence-corrected chi connectivity index (χ1v) is 21.6. The summed E-state index contributed by atoms with van der Waals surface area (Å²) in [5.74, 6) is 1.87. The molecule has 0 radical (unpaired) electrons. The van der Waals surface area contributed by atoms with Gasteiger partial charge in [0.15, 0.2) is 0 Å². The Balaban J connectivity index is 0.000000707. The fraction of sp³-hybridized carbons (Fsp3) is 0.318. The van der Waals surface area contributed by atoms with E-state index in [9.17, 15) is 105 Å². The van der Waals surface area contributed by atoms with E-state index in [1.54, 1.807) is 0 Å². The molecule has 5 aromatic rings. The van der Waals surface area contributed by atoms with E-state index < -0.39 is 195 Å². The molecule has 0 aliphatic carbocycles. The zero-order valence-electron chi connectivity index (χ0n) is 35.6. The smallest absolute Gasteiger partial charge is 0.194 e. The Labute approximate surface area is 383 Å². The third-order valence-corrected chi connectivity index (χ3v) is 11.5. The highest BCUT2D eigenvalue weighted by Crippen LogP contribution is 2.41. The average molecular weight is 1060 g/mol. The fourth-order valence-electron chi connectivity index (χ4n) is 7.40. The van der Waals surface area contributed by atoms with Crippen molar-refractivity contribution in [3.05, 3.63) is 153 Å². The van der Waals surface area contributed by atoms with Crippen LogP contribution < -0.4 is 21.9 Å². The normalized spacial score (nSPS) is 13.7. The van der Waals surface area contributed by atoms with Crippen molar-refractivity contribution in [1.29, 1.82) is 0 Å². The van der Waals surface area contributed by atoms with Crippen molar-refractivity contribution < 1.29 is 105 Å². The Bertz CT molecular complexity index is 2180. The van der Waals surface area contributed by atoms with Gasteiger partial charge in [-0.05, 0) is 46.6 Å². The van der Waals surface area contributed by atoms with Gasteiger partial charge in [-0.25, -0.2) is 0 Å². The molecule has 0 aromatic heterocycles. The lowest BCUT2D eigenvalue weighted by Gasteiger charge is -2.46. The van der Waals surface area contributed by atoms with Crippen LogP contribution in [0.5, 0.6) is 0 Å². The molecule has 384 valence electrons. The predicted octanol–water partition coefficient (Wildman–Crippen LogP) is 14.4. The van der Waals surface area contributed by atoms with Gasteiger partial charge in [-0.3, -0.25) is 0 Å². The Morgan fingerprint density at radius 1 is 0.329 bits per heavy atom. The summed E-state index contributed by atoms with van der Waals surface area (Å²) in [7, 11) is 0.516. The molecule has 0 N–H and O–H groups in total. The molecule has 0 bridgehead atoms. The molecular formula is C44H31BF24S. The zero-order valence-corrected chi connectivity index (χ0v) is 36.4. The van der Waals surface area contributed by atoms with Gasteiger partial charge in [0.2, 0.25) is 0 Å². The molecule has 0 saturated heterocycles. The number of alkyl halides is 24. The Kier molecular flexibility index (Phi) is 16.0. The minimum atomic E-state index is -6.13. The van der Waals surface area contributed by atoms with E-state index in [1.165, 1.54) is 16.9 Å². The molecule has 0 heterocycles. The number of halogens is 24. The highest BCUT2D eigenvalue weighted by atomic mass is 32.2. The molecule has 0 amide bonds. The maximum Gasteiger partial charge on any atom is 0.416 e. The van der Waals surface area contributed by atoms with Crippen LogP contribution >= 0.6 is 0 Å². The van der Waals surface area contributed by atoms with Crippen LogP contribution in [0.15, 0.2) is 97.1 Å². The van der Waals surface area contributed by atoms with Crippen molar-refractivity contribution in [2.45, 2.75) is 74.9 Å². The topological polar surface area (TPSA) is 0 Å². The lowest BCUT2D eigenvalue weighted by atomic mass is 9.12. The Morgan fingerprint density at radius 3 is 0.657 bits per heavy atom. The molecule has 0 saturated carbocycles. The van der Waals surface area contributed by atoms with Crippen LogP contribution in [-0.2, 0) is 66.1 Å². The summed E-state index contributed by atoms with van der Waals surface area (Å²) in [6, 6.07) is 0.236. The Hall–Kier alpha value is -5.17. The minimum absolute atomic E-state index is 0.516. The number of hydrogen-bond donors (Lipinski definition) is 0. The molecule has 0 fully saturated rings.